The van der Waals surface area contributed by atoms with Gasteiger partial charge in [-0.3, -0.25) is 19.7 Å². The van der Waals surface area contributed by atoms with Crippen molar-refractivity contribution in [2.24, 2.45) is 0 Å². The first-order chi connectivity index (χ1) is 17.2. The molecular weight excluding hydrogens is 526 g/mol. The monoisotopic (exact) mass is 547 g/mol. The average molecular weight is 548 g/mol. The summed E-state index contributed by atoms with van der Waals surface area (Å²) in [6.07, 6.45) is 1.40. The number of rotatable bonds is 6. The first-order valence-corrected chi connectivity index (χ1v) is 11.8. The van der Waals surface area contributed by atoms with E-state index in [-0.39, 0.29) is 18.1 Å². The Morgan fingerprint density at radius 3 is 2.39 bits per heavy atom. The molecule has 0 unspecified atom stereocenters. The van der Waals surface area contributed by atoms with Crippen LogP contribution in [0.15, 0.2) is 76.8 Å². The lowest BCUT2D eigenvalue weighted by Gasteiger charge is -2.26. The van der Waals surface area contributed by atoms with Gasteiger partial charge in [-0.05, 0) is 79.1 Å². The summed E-state index contributed by atoms with van der Waals surface area (Å²) in [6, 6.07) is 18.0. The van der Waals surface area contributed by atoms with Gasteiger partial charge in [0, 0.05) is 10.2 Å². The third-order valence-electron chi connectivity index (χ3n) is 5.63. The highest BCUT2D eigenvalue weighted by Gasteiger charge is 2.36. The topological polar surface area (TPSA) is 105 Å². The van der Waals surface area contributed by atoms with E-state index in [1.807, 2.05) is 32.0 Å². The second-order valence-electron chi connectivity index (χ2n) is 8.09. The minimum Gasteiger partial charge on any atom is -0.484 e. The molecule has 0 radical (unpaired) electrons. The van der Waals surface area contributed by atoms with Gasteiger partial charge in [0.25, 0.3) is 17.7 Å². The number of aryl methyl sites for hydroxylation is 1. The van der Waals surface area contributed by atoms with E-state index in [9.17, 15) is 19.2 Å². The van der Waals surface area contributed by atoms with Gasteiger partial charge < -0.3 is 10.1 Å². The number of urea groups is 1. The van der Waals surface area contributed by atoms with Crippen LogP contribution in [-0.4, -0.2) is 30.4 Å². The predicted molar refractivity (Wildman–Crippen MR) is 140 cm³/mol. The van der Waals surface area contributed by atoms with Crippen molar-refractivity contribution in [1.29, 1.82) is 0 Å². The molecule has 1 fully saturated rings. The second kappa shape index (κ2) is 10.6. The van der Waals surface area contributed by atoms with Crippen LogP contribution in [0.4, 0.5) is 16.2 Å². The van der Waals surface area contributed by atoms with Gasteiger partial charge in [-0.15, -0.1) is 0 Å². The molecule has 4 rings (SSSR count). The van der Waals surface area contributed by atoms with Gasteiger partial charge in [0.05, 0.1) is 5.69 Å². The summed E-state index contributed by atoms with van der Waals surface area (Å²) in [6.45, 7) is 3.72. The minimum atomic E-state index is -0.813. The molecule has 0 saturated carbocycles. The summed E-state index contributed by atoms with van der Waals surface area (Å²) < 4.78 is 6.35. The number of anilines is 2. The summed E-state index contributed by atoms with van der Waals surface area (Å²) in [5.74, 6) is -1.35. The lowest BCUT2D eigenvalue weighted by molar-refractivity contribution is -0.122. The van der Waals surface area contributed by atoms with Gasteiger partial charge in [-0.25, -0.2) is 9.69 Å². The molecular formula is C27H22BrN3O5. The summed E-state index contributed by atoms with van der Waals surface area (Å²) in [5, 5.41) is 5.02. The molecule has 1 heterocycles. The standard InChI is InChI=1S/C27H22BrN3O5/c1-16-4-3-5-23(17(16)2)29-24(32)15-36-21-12-6-18(7-13-21)14-22-25(33)30-27(35)31(26(22)34)20-10-8-19(28)9-11-20/h3-14H,15H2,1-2H3,(H,29,32)(H,30,33,35)/b22-14+. The Bertz CT molecular complexity index is 1380. The zero-order valence-corrected chi connectivity index (χ0v) is 21.1. The van der Waals surface area contributed by atoms with Crippen LogP contribution < -0.4 is 20.3 Å². The van der Waals surface area contributed by atoms with Crippen molar-refractivity contribution in [3.05, 3.63) is 93.5 Å². The van der Waals surface area contributed by atoms with Crippen molar-refractivity contribution in [2.45, 2.75) is 13.8 Å². The number of halogens is 1. The molecule has 5 amide bonds. The Morgan fingerprint density at radius 2 is 1.69 bits per heavy atom. The number of nitrogens with zero attached hydrogens (tertiary/aromatic N) is 1. The molecule has 1 aliphatic rings. The van der Waals surface area contributed by atoms with Gasteiger partial charge in [-0.1, -0.05) is 40.2 Å². The molecule has 182 valence electrons. The number of carbonyl (C=O) groups excluding carboxylic acids is 4. The highest BCUT2D eigenvalue weighted by atomic mass is 79.9. The van der Waals surface area contributed by atoms with Crippen LogP contribution in [0.25, 0.3) is 6.08 Å². The first kappa shape index (κ1) is 24.9. The first-order valence-electron chi connectivity index (χ1n) is 11.0. The van der Waals surface area contributed by atoms with E-state index in [2.05, 4.69) is 26.6 Å². The van der Waals surface area contributed by atoms with Crippen LogP contribution >= 0.6 is 15.9 Å². The molecule has 8 nitrogen and oxygen atoms in total. The van der Waals surface area contributed by atoms with Gasteiger partial charge in [0.2, 0.25) is 0 Å². The molecule has 0 bridgehead atoms. The smallest absolute Gasteiger partial charge is 0.335 e. The van der Waals surface area contributed by atoms with Crippen LogP contribution in [-0.2, 0) is 14.4 Å². The zero-order valence-electron chi connectivity index (χ0n) is 19.5. The summed E-state index contributed by atoms with van der Waals surface area (Å²) in [4.78, 5) is 50.8. The van der Waals surface area contributed by atoms with E-state index in [0.717, 1.165) is 26.2 Å². The molecule has 0 aromatic heterocycles. The second-order valence-corrected chi connectivity index (χ2v) is 9.00. The normalized spacial score (nSPS) is 14.6. The average Bonchev–Trinajstić information content (AvgIpc) is 2.85. The number of hydrogen-bond acceptors (Lipinski definition) is 5. The van der Waals surface area contributed by atoms with E-state index in [1.54, 1.807) is 48.5 Å². The van der Waals surface area contributed by atoms with Crippen molar-refractivity contribution in [1.82, 2.24) is 5.32 Å². The Hall–Kier alpha value is -4.24. The maximum Gasteiger partial charge on any atom is 0.335 e. The molecule has 9 heteroatoms. The van der Waals surface area contributed by atoms with Crippen molar-refractivity contribution < 1.29 is 23.9 Å². The number of barbiturate groups is 1. The fourth-order valence-corrected chi connectivity index (χ4v) is 3.80. The Morgan fingerprint density at radius 1 is 1.00 bits per heavy atom. The number of ether oxygens (including phenoxy) is 1. The SMILES string of the molecule is Cc1cccc(NC(=O)COc2ccc(/C=C3\C(=O)NC(=O)N(c4ccc(Br)cc4)C3=O)cc2)c1C. The molecule has 0 aliphatic carbocycles. The van der Waals surface area contributed by atoms with Crippen molar-refractivity contribution in [3.8, 4) is 5.75 Å². The maximum absolute atomic E-state index is 13.0. The third kappa shape index (κ3) is 5.52. The Kier molecular flexibility index (Phi) is 7.30. The van der Waals surface area contributed by atoms with Gasteiger partial charge in [0.15, 0.2) is 6.61 Å². The van der Waals surface area contributed by atoms with Crippen molar-refractivity contribution >= 4 is 57.1 Å². The molecule has 3 aromatic carbocycles. The predicted octanol–water partition coefficient (Wildman–Crippen LogP) is 4.75. The Labute approximate surface area is 216 Å². The zero-order chi connectivity index (χ0) is 25.8. The fourth-order valence-electron chi connectivity index (χ4n) is 3.53. The molecule has 1 aliphatic heterocycles. The summed E-state index contributed by atoms with van der Waals surface area (Å²) in [5.41, 5.74) is 3.50. The molecule has 36 heavy (non-hydrogen) atoms. The van der Waals surface area contributed by atoms with Crippen molar-refractivity contribution in [3.63, 3.8) is 0 Å². The van der Waals surface area contributed by atoms with E-state index in [4.69, 9.17) is 4.74 Å². The van der Waals surface area contributed by atoms with Crippen LogP contribution in [0, 0.1) is 13.8 Å². The number of imide groups is 2. The molecule has 3 aromatic rings. The number of benzene rings is 3. The lowest BCUT2D eigenvalue weighted by atomic mass is 10.1. The molecule has 2 N–H and O–H groups in total. The van der Waals surface area contributed by atoms with Gasteiger partial charge in [-0.2, -0.15) is 0 Å². The van der Waals surface area contributed by atoms with E-state index in [1.165, 1.54) is 6.08 Å². The molecule has 1 saturated heterocycles. The van der Waals surface area contributed by atoms with Crippen LogP contribution in [0.3, 0.4) is 0 Å². The van der Waals surface area contributed by atoms with E-state index >= 15 is 0 Å². The van der Waals surface area contributed by atoms with Crippen molar-refractivity contribution in [2.75, 3.05) is 16.8 Å². The maximum atomic E-state index is 13.0. The Balaban J connectivity index is 1.43. The van der Waals surface area contributed by atoms with Crippen LogP contribution in [0.2, 0.25) is 0 Å². The third-order valence-corrected chi connectivity index (χ3v) is 6.15. The fraction of sp³-hybridized carbons (Fsp3) is 0.111. The molecule has 0 atom stereocenters. The highest BCUT2D eigenvalue weighted by molar-refractivity contribution is 9.10. The number of amides is 5. The molecule has 0 spiro atoms. The van der Waals surface area contributed by atoms with Crippen LogP contribution in [0.5, 0.6) is 5.75 Å². The quantitative estimate of drug-likeness (QED) is 0.342. The van der Waals surface area contributed by atoms with Crippen LogP contribution in [0.1, 0.15) is 16.7 Å². The number of nitrogens with one attached hydrogen (secondary N) is 2. The highest BCUT2D eigenvalue weighted by Crippen LogP contribution is 2.24. The minimum absolute atomic E-state index is 0.181. The lowest BCUT2D eigenvalue weighted by Crippen LogP contribution is -2.54. The van der Waals surface area contributed by atoms with Gasteiger partial charge in [0.1, 0.15) is 11.3 Å². The van der Waals surface area contributed by atoms with E-state index < -0.39 is 17.8 Å². The van der Waals surface area contributed by atoms with Gasteiger partial charge >= 0.3 is 6.03 Å². The summed E-state index contributed by atoms with van der Waals surface area (Å²) in [7, 11) is 0. The number of carbonyl (C=O) groups is 4. The number of hydrogen-bond donors (Lipinski definition) is 2. The van der Waals surface area contributed by atoms with E-state index in [0.29, 0.717) is 17.0 Å². The summed E-state index contributed by atoms with van der Waals surface area (Å²) >= 11 is 3.31. The largest absolute Gasteiger partial charge is 0.484 e.